The van der Waals surface area contributed by atoms with Crippen LogP contribution in [0.3, 0.4) is 0 Å². The Labute approximate surface area is 74.1 Å². The molecule has 0 saturated carbocycles. The van der Waals surface area contributed by atoms with E-state index in [1.807, 2.05) is 0 Å². The molecule has 0 amide bonds. The van der Waals surface area contributed by atoms with Gasteiger partial charge in [0, 0.05) is 6.42 Å². The monoisotopic (exact) mass is 189 g/mol. The molecule has 0 bridgehead atoms. The Hall–Kier alpha value is -1.79. The summed E-state index contributed by atoms with van der Waals surface area (Å²) in [5.41, 5.74) is 4.90. The number of carboxylic acids is 2. The maximum absolute atomic E-state index is 10.4. The van der Waals surface area contributed by atoms with Gasteiger partial charge < -0.3 is 21.3 Å². The zero-order chi connectivity index (χ0) is 10.4. The lowest BCUT2D eigenvalue weighted by Gasteiger charge is -2.12. The van der Waals surface area contributed by atoms with E-state index in [1.165, 1.54) is 0 Å². The van der Waals surface area contributed by atoms with Crippen molar-refractivity contribution in [2.75, 3.05) is 0 Å². The predicted octanol–water partition coefficient (Wildman–Crippen LogP) is -1.21. The highest BCUT2D eigenvalue weighted by Gasteiger charge is 2.18. The molecule has 74 valence electrons. The molecule has 7 nitrogen and oxygen atoms in total. The highest BCUT2D eigenvalue weighted by atomic mass is 16.4. The van der Waals surface area contributed by atoms with Crippen molar-refractivity contribution < 1.29 is 19.8 Å². The van der Waals surface area contributed by atoms with Gasteiger partial charge in [-0.3, -0.25) is 10.2 Å². The zero-order valence-corrected chi connectivity index (χ0v) is 6.78. The van der Waals surface area contributed by atoms with Crippen LogP contribution in [-0.2, 0) is 9.59 Å². The summed E-state index contributed by atoms with van der Waals surface area (Å²) >= 11 is 0. The molecule has 0 fully saturated rings. The fraction of sp³-hybridized carbons (Fsp3) is 0.500. The quantitative estimate of drug-likeness (QED) is 0.272. The molecule has 0 aromatic carbocycles. The van der Waals surface area contributed by atoms with E-state index in [2.05, 4.69) is 5.32 Å². The molecule has 0 radical (unpaired) electrons. The van der Waals surface area contributed by atoms with Gasteiger partial charge in [0.25, 0.3) is 0 Å². The number of guanidine groups is 1. The molecule has 0 unspecified atom stereocenters. The number of carboxylic acid groups (broad SMARTS) is 2. The molecule has 0 saturated heterocycles. The number of hydrogen-bond donors (Lipinski definition) is 5. The van der Waals surface area contributed by atoms with E-state index < -0.39 is 23.9 Å². The first-order chi connectivity index (χ1) is 5.93. The Morgan fingerprint density at radius 2 is 2.00 bits per heavy atom. The normalized spacial score (nSPS) is 11.7. The summed E-state index contributed by atoms with van der Waals surface area (Å²) in [6.45, 7) is 0. The number of nitrogens with one attached hydrogen (secondary N) is 2. The van der Waals surface area contributed by atoms with Crippen LogP contribution in [0.25, 0.3) is 0 Å². The second kappa shape index (κ2) is 4.96. The van der Waals surface area contributed by atoms with Gasteiger partial charge in [0.15, 0.2) is 5.96 Å². The number of hydrogen-bond acceptors (Lipinski definition) is 3. The largest absolute Gasteiger partial charge is 0.481 e. The van der Waals surface area contributed by atoms with E-state index in [9.17, 15) is 9.59 Å². The first-order valence-electron chi connectivity index (χ1n) is 3.48. The average Bonchev–Trinajstić information content (AvgIpc) is 1.96. The van der Waals surface area contributed by atoms with Gasteiger partial charge in [0.2, 0.25) is 0 Å². The maximum Gasteiger partial charge on any atom is 0.326 e. The van der Waals surface area contributed by atoms with E-state index in [0.717, 1.165) is 0 Å². The molecule has 1 atom stereocenters. The molecular formula is C6H11N3O4. The van der Waals surface area contributed by atoms with E-state index in [0.29, 0.717) is 0 Å². The molecule has 0 aromatic rings. The van der Waals surface area contributed by atoms with E-state index in [1.54, 1.807) is 0 Å². The summed E-state index contributed by atoms with van der Waals surface area (Å²) in [5, 5.41) is 25.7. The number of rotatable bonds is 5. The Bertz CT molecular complexity index is 228. The minimum Gasteiger partial charge on any atom is -0.481 e. The molecule has 0 heterocycles. The first kappa shape index (κ1) is 11.2. The second-order valence-electron chi connectivity index (χ2n) is 2.38. The van der Waals surface area contributed by atoms with Gasteiger partial charge in [-0.1, -0.05) is 0 Å². The fourth-order valence-corrected chi connectivity index (χ4v) is 0.713. The van der Waals surface area contributed by atoms with Crippen molar-refractivity contribution in [1.29, 1.82) is 5.41 Å². The average molecular weight is 189 g/mol. The predicted molar refractivity (Wildman–Crippen MR) is 43.3 cm³/mol. The minimum atomic E-state index is -1.23. The lowest BCUT2D eigenvalue weighted by molar-refractivity contribution is -0.140. The van der Waals surface area contributed by atoms with Crippen molar-refractivity contribution in [2.45, 2.75) is 18.9 Å². The molecule has 0 aromatic heterocycles. The second-order valence-corrected chi connectivity index (χ2v) is 2.38. The standard InChI is InChI=1S/C6H11N3O4/c7-6(8)9-3(5(12)13)1-2-4(10)11/h3H,1-2H2,(H,10,11)(H,12,13)(H4,7,8,9)/t3-/m0/s1. The van der Waals surface area contributed by atoms with Crippen LogP contribution < -0.4 is 11.1 Å². The van der Waals surface area contributed by atoms with Crippen molar-refractivity contribution in [3.63, 3.8) is 0 Å². The number of nitrogens with two attached hydrogens (primary N) is 1. The summed E-state index contributed by atoms with van der Waals surface area (Å²) in [4.78, 5) is 20.5. The fourth-order valence-electron chi connectivity index (χ4n) is 0.713. The molecule has 0 spiro atoms. The topological polar surface area (TPSA) is 136 Å². The molecule has 0 aliphatic heterocycles. The van der Waals surface area contributed by atoms with E-state index in [-0.39, 0.29) is 12.8 Å². The minimum absolute atomic E-state index is 0.107. The molecular weight excluding hydrogens is 178 g/mol. The third-order valence-electron chi connectivity index (χ3n) is 1.27. The van der Waals surface area contributed by atoms with Gasteiger partial charge in [-0.25, -0.2) is 4.79 Å². The van der Waals surface area contributed by atoms with E-state index in [4.69, 9.17) is 21.4 Å². The Kier molecular flexibility index (Phi) is 4.28. The molecule has 6 N–H and O–H groups in total. The SMILES string of the molecule is N=C(N)N[C@@H](CCC(=O)O)C(=O)O. The summed E-state index contributed by atoms with van der Waals surface area (Å²) < 4.78 is 0. The van der Waals surface area contributed by atoms with Gasteiger partial charge in [-0.05, 0) is 6.42 Å². The zero-order valence-electron chi connectivity index (χ0n) is 6.78. The van der Waals surface area contributed by atoms with Crippen molar-refractivity contribution in [1.82, 2.24) is 5.32 Å². The van der Waals surface area contributed by atoms with E-state index >= 15 is 0 Å². The molecule has 0 rings (SSSR count). The first-order valence-corrected chi connectivity index (χ1v) is 3.48. The summed E-state index contributed by atoms with van der Waals surface area (Å²) in [6.07, 6.45) is -0.387. The van der Waals surface area contributed by atoms with Crippen molar-refractivity contribution in [2.24, 2.45) is 5.73 Å². The lowest BCUT2D eigenvalue weighted by Crippen LogP contribution is -2.44. The Morgan fingerprint density at radius 3 is 2.31 bits per heavy atom. The van der Waals surface area contributed by atoms with Crippen LogP contribution >= 0.6 is 0 Å². The molecule has 13 heavy (non-hydrogen) atoms. The van der Waals surface area contributed by atoms with Gasteiger partial charge in [0.05, 0.1) is 0 Å². The third-order valence-corrected chi connectivity index (χ3v) is 1.27. The van der Waals surface area contributed by atoms with Crippen LogP contribution in [0.4, 0.5) is 0 Å². The summed E-state index contributed by atoms with van der Waals surface area (Å²) in [6, 6.07) is -1.12. The molecule has 0 aliphatic carbocycles. The Balaban J connectivity index is 4.02. The maximum atomic E-state index is 10.4. The molecule has 7 heteroatoms. The smallest absolute Gasteiger partial charge is 0.326 e. The summed E-state index contributed by atoms with van der Waals surface area (Å²) in [5.74, 6) is -2.80. The number of carbonyl (C=O) groups is 2. The highest BCUT2D eigenvalue weighted by Crippen LogP contribution is 1.97. The van der Waals surface area contributed by atoms with Crippen LogP contribution in [0.15, 0.2) is 0 Å². The van der Waals surface area contributed by atoms with Crippen molar-refractivity contribution >= 4 is 17.9 Å². The highest BCUT2D eigenvalue weighted by molar-refractivity contribution is 5.83. The summed E-state index contributed by atoms with van der Waals surface area (Å²) in [7, 11) is 0. The Morgan fingerprint density at radius 1 is 1.46 bits per heavy atom. The number of aliphatic carboxylic acids is 2. The third kappa shape index (κ3) is 5.48. The van der Waals surface area contributed by atoms with Crippen LogP contribution in [-0.4, -0.2) is 34.2 Å². The van der Waals surface area contributed by atoms with Crippen LogP contribution in [0.2, 0.25) is 0 Å². The van der Waals surface area contributed by atoms with Gasteiger partial charge in [-0.15, -0.1) is 0 Å². The lowest BCUT2D eigenvalue weighted by atomic mass is 10.1. The van der Waals surface area contributed by atoms with Gasteiger partial charge >= 0.3 is 11.9 Å². The van der Waals surface area contributed by atoms with Crippen molar-refractivity contribution in [3.8, 4) is 0 Å². The van der Waals surface area contributed by atoms with Gasteiger partial charge in [0.1, 0.15) is 6.04 Å². The van der Waals surface area contributed by atoms with Crippen LogP contribution in [0.5, 0.6) is 0 Å². The van der Waals surface area contributed by atoms with Crippen LogP contribution in [0, 0.1) is 5.41 Å². The molecule has 0 aliphatic rings. The van der Waals surface area contributed by atoms with Gasteiger partial charge in [-0.2, -0.15) is 0 Å². The van der Waals surface area contributed by atoms with Crippen LogP contribution in [0.1, 0.15) is 12.8 Å². The van der Waals surface area contributed by atoms with Crippen molar-refractivity contribution in [3.05, 3.63) is 0 Å².